The molecule has 4 N–H and O–H groups in total. The number of rotatable bonds is 4. The molecule has 0 amide bonds. The average Bonchev–Trinajstić information content (AvgIpc) is 2.51. The van der Waals surface area contributed by atoms with Crippen LogP contribution in [0, 0.1) is 22.7 Å². The van der Waals surface area contributed by atoms with Gasteiger partial charge in [0.1, 0.15) is 6.10 Å². The molecule has 0 aromatic carbocycles. The highest BCUT2D eigenvalue weighted by Crippen LogP contribution is 2.62. The van der Waals surface area contributed by atoms with Crippen molar-refractivity contribution in [1.29, 1.82) is 0 Å². The Morgan fingerprint density at radius 1 is 1.21 bits per heavy atom. The van der Waals surface area contributed by atoms with Crippen LogP contribution in [0.4, 0.5) is 0 Å². The van der Waals surface area contributed by atoms with Gasteiger partial charge in [-0.25, -0.2) is 0 Å². The molecule has 0 spiro atoms. The van der Waals surface area contributed by atoms with Crippen molar-refractivity contribution in [2.75, 3.05) is 6.61 Å². The molecule has 6 atom stereocenters. The monoisotopic (exact) mass is 338 g/mol. The van der Waals surface area contributed by atoms with E-state index in [0.717, 1.165) is 24.8 Å². The summed E-state index contributed by atoms with van der Waals surface area (Å²) in [5, 5.41) is 43.0. The molecule has 0 aliphatic heterocycles. The zero-order valence-electron chi connectivity index (χ0n) is 15.5. The van der Waals surface area contributed by atoms with Gasteiger partial charge in [0, 0.05) is 23.9 Å². The second-order valence-electron chi connectivity index (χ2n) is 8.81. The lowest BCUT2D eigenvalue weighted by molar-refractivity contribution is -0.277. The molecule has 0 aromatic rings. The number of allylic oxidation sites excluding steroid dienone is 3. The van der Waals surface area contributed by atoms with E-state index in [9.17, 15) is 20.4 Å². The Balaban J connectivity index is 2.56. The number of aliphatic hydroxyl groups is 4. The van der Waals surface area contributed by atoms with Crippen LogP contribution in [0.5, 0.6) is 0 Å². The maximum Gasteiger partial charge on any atom is 0.109 e. The number of hydrogen-bond donors (Lipinski definition) is 4. The topological polar surface area (TPSA) is 80.9 Å². The van der Waals surface area contributed by atoms with E-state index in [1.807, 2.05) is 13.0 Å². The largest absolute Gasteiger partial charge is 0.396 e. The van der Waals surface area contributed by atoms with E-state index in [1.54, 1.807) is 13.0 Å². The van der Waals surface area contributed by atoms with Gasteiger partial charge in [-0.1, -0.05) is 44.6 Å². The zero-order chi connectivity index (χ0) is 18.3. The fourth-order valence-electron chi connectivity index (χ4n) is 5.62. The first-order chi connectivity index (χ1) is 11.0. The van der Waals surface area contributed by atoms with Crippen LogP contribution in [0.25, 0.3) is 0 Å². The Kier molecular flexibility index (Phi) is 5.37. The van der Waals surface area contributed by atoms with Gasteiger partial charge in [-0.15, -0.1) is 0 Å². The van der Waals surface area contributed by atoms with Gasteiger partial charge in [0.2, 0.25) is 0 Å². The molecule has 0 unspecified atom stereocenters. The first kappa shape index (κ1) is 19.6. The van der Waals surface area contributed by atoms with Crippen LogP contribution >= 0.6 is 0 Å². The molecule has 2 saturated carbocycles. The van der Waals surface area contributed by atoms with E-state index in [-0.39, 0.29) is 23.9 Å². The fraction of sp³-hybridized carbons (Fsp3) is 0.800. The van der Waals surface area contributed by atoms with Gasteiger partial charge in [0.05, 0.1) is 11.7 Å². The summed E-state index contributed by atoms with van der Waals surface area (Å²) in [6.45, 7) is 11.4. The summed E-state index contributed by atoms with van der Waals surface area (Å²) in [6, 6.07) is 0. The molecule has 0 radical (unpaired) electrons. The minimum Gasteiger partial charge on any atom is -0.396 e. The highest BCUT2D eigenvalue weighted by molar-refractivity contribution is 5.19. The van der Waals surface area contributed by atoms with Crippen molar-refractivity contribution < 1.29 is 20.4 Å². The molecule has 0 aromatic heterocycles. The van der Waals surface area contributed by atoms with Gasteiger partial charge >= 0.3 is 0 Å². The maximum absolute atomic E-state index is 11.1. The van der Waals surface area contributed by atoms with E-state index in [4.69, 9.17) is 0 Å². The molecule has 0 bridgehead atoms. The quantitative estimate of drug-likeness (QED) is 0.594. The lowest BCUT2D eigenvalue weighted by Crippen LogP contribution is -2.71. The van der Waals surface area contributed by atoms with E-state index < -0.39 is 23.2 Å². The SMILES string of the molecule is C=CC(C)=CC[C@H]1[C@](C)(O)[C@@H](O)[C@H](O)[C@H]2C(C)(C)CCC[C@@]21CO. The lowest BCUT2D eigenvalue weighted by Gasteiger charge is -2.64. The van der Waals surface area contributed by atoms with Crippen molar-refractivity contribution in [1.82, 2.24) is 0 Å². The third-order valence-electron chi connectivity index (χ3n) is 6.88. The van der Waals surface area contributed by atoms with Crippen LogP contribution in [-0.4, -0.2) is 44.8 Å². The molecule has 138 valence electrons. The summed E-state index contributed by atoms with van der Waals surface area (Å²) in [4.78, 5) is 0. The summed E-state index contributed by atoms with van der Waals surface area (Å²) >= 11 is 0. The van der Waals surface area contributed by atoms with Gasteiger partial charge in [-0.3, -0.25) is 0 Å². The first-order valence-corrected chi connectivity index (χ1v) is 9.03. The van der Waals surface area contributed by atoms with Crippen molar-refractivity contribution in [3.8, 4) is 0 Å². The van der Waals surface area contributed by atoms with Crippen LogP contribution < -0.4 is 0 Å². The molecular formula is C20H34O4. The molecule has 24 heavy (non-hydrogen) atoms. The molecule has 2 aliphatic carbocycles. The summed E-state index contributed by atoms with van der Waals surface area (Å²) in [5.41, 5.74) is -1.25. The van der Waals surface area contributed by atoms with Gasteiger partial charge < -0.3 is 20.4 Å². The van der Waals surface area contributed by atoms with E-state index >= 15 is 0 Å². The minimum atomic E-state index is -1.45. The Bertz CT molecular complexity index is 508. The molecule has 4 heteroatoms. The van der Waals surface area contributed by atoms with E-state index in [2.05, 4.69) is 20.4 Å². The number of aliphatic hydroxyl groups excluding tert-OH is 3. The van der Waals surface area contributed by atoms with E-state index in [1.165, 1.54) is 0 Å². The third kappa shape index (κ3) is 2.88. The highest BCUT2D eigenvalue weighted by atomic mass is 16.4. The minimum absolute atomic E-state index is 0.0906. The van der Waals surface area contributed by atoms with Crippen LogP contribution in [0.3, 0.4) is 0 Å². The van der Waals surface area contributed by atoms with Crippen molar-refractivity contribution in [2.45, 2.75) is 71.2 Å². The second kappa shape index (κ2) is 6.56. The van der Waals surface area contributed by atoms with Gasteiger partial charge in [-0.2, -0.15) is 0 Å². The van der Waals surface area contributed by atoms with Gasteiger partial charge in [0.15, 0.2) is 0 Å². The number of fused-ring (bicyclic) bond motifs is 1. The van der Waals surface area contributed by atoms with Gasteiger partial charge in [0.25, 0.3) is 0 Å². The highest BCUT2D eigenvalue weighted by Gasteiger charge is 2.66. The maximum atomic E-state index is 11.1. The summed E-state index contributed by atoms with van der Waals surface area (Å²) in [5.74, 6) is -0.575. The van der Waals surface area contributed by atoms with Crippen molar-refractivity contribution >= 4 is 0 Å². The normalized spacial score (nSPS) is 45.6. The predicted octanol–water partition coefficient (Wildman–Crippen LogP) is 2.42. The smallest absolute Gasteiger partial charge is 0.109 e. The number of hydrogen-bond acceptors (Lipinski definition) is 4. The Morgan fingerprint density at radius 2 is 1.83 bits per heavy atom. The molecule has 0 saturated heterocycles. The molecule has 2 rings (SSSR count). The molecular weight excluding hydrogens is 304 g/mol. The van der Waals surface area contributed by atoms with Crippen LogP contribution in [-0.2, 0) is 0 Å². The Hall–Kier alpha value is -0.680. The van der Waals surface area contributed by atoms with Crippen molar-refractivity contribution in [3.63, 3.8) is 0 Å². The lowest BCUT2D eigenvalue weighted by atomic mass is 9.43. The Labute approximate surface area is 145 Å². The van der Waals surface area contributed by atoms with E-state index in [0.29, 0.717) is 6.42 Å². The predicted molar refractivity (Wildman–Crippen MR) is 95.3 cm³/mol. The van der Waals surface area contributed by atoms with Crippen LogP contribution in [0.15, 0.2) is 24.3 Å². The molecule has 4 nitrogen and oxygen atoms in total. The third-order valence-corrected chi connectivity index (χ3v) is 6.88. The van der Waals surface area contributed by atoms with Crippen molar-refractivity contribution in [3.05, 3.63) is 24.3 Å². The molecule has 2 fully saturated rings. The van der Waals surface area contributed by atoms with Crippen LogP contribution in [0.2, 0.25) is 0 Å². The standard InChI is InChI=1S/C20H34O4/c1-6-13(2)8-9-14-19(5,24)17(23)15(22)16-18(3,4)10-7-11-20(14,16)12-21/h6,8,14-17,21-24H,1,7,9-12H2,2-5H3/t14-,15+,16-,17-,19-,20-/m0/s1. The first-order valence-electron chi connectivity index (χ1n) is 9.03. The summed E-state index contributed by atoms with van der Waals surface area (Å²) in [7, 11) is 0. The van der Waals surface area contributed by atoms with Crippen molar-refractivity contribution in [2.24, 2.45) is 22.7 Å². The Morgan fingerprint density at radius 3 is 2.38 bits per heavy atom. The zero-order valence-corrected chi connectivity index (χ0v) is 15.5. The average molecular weight is 338 g/mol. The summed E-state index contributed by atoms with van der Waals surface area (Å²) < 4.78 is 0. The fourth-order valence-corrected chi connectivity index (χ4v) is 5.62. The molecule has 2 aliphatic rings. The second-order valence-corrected chi connectivity index (χ2v) is 8.81. The van der Waals surface area contributed by atoms with Gasteiger partial charge in [-0.05, 0) is 38.5 Å². The molecule has 0 heterocycles. The van der Waals surface area contributed by atoms with Crippen LogP contribution in [0.1, 0.15) is 53.4 Å². The summed E-state index contributed by atoms with van der Waals surface area (Å²) in [6.07, 6.45) is 4.70.